The van der Waals surface area contributed by atoms with Gasteiger partial charge in [0.2, 0.25) is 0 Å². The molecule has 2 heterocycles. The molecule has 1 aromatic rings. The summed E-state index contributed by atoms with van der Waals surface area (Å²) in [6, 6.07) is 0. The van der Waals surface area contributed by atoms with Gasteiger partial charge < -0.3 is 15.7 Å². The first-order chi connectivity index (χ1) is 7.58. The van der Waals surface area contributed by atoms with Gasteiger partial charge in [-0.1, -0.05) is 0 Å². The summed E-state index contributed by atoms with van der Waals surface area (Å²) >= 11 is 0. The summed E-state index contributed by atoms with van der Waals surface area (Å²) in [4.78, 5) is 10.6. The largest absolute Gasteiger partial charge is 0.391 e. The number of aliphatic hydroxyl groups is 1. The normalized spacial score (nSPS) is 21.2. The van der Waals surface area contributed by atoms with E-state index in [4.69, 9.17) is 5.73 Å². The van der Waals surface area contributed by atoms with Crippen molar-refractivity contribution in [2.75, 3.05) is 23.7 Å². The lowest BCUT2D eigenvalue weighted by molar-refractivity contribution is 0.154. The maximum Gasteiger partial charge on any atom is 0.137 e. The number of piperidine rings is 1. The first kappa shape index (κ1) is 11.1. The standard InChI is InChI=1S/C11H18N4O/c1-7-10(12)13-8(2)14-11(7)15-5-3-4-9(16)6-15/h9,16H,3-6H2,1-2H3,(H2,12,13,14). The van der Waals surface area contributed by atoms with Crippen molar-refractivity contribution in [1.82, 2.24) is 9.97 Å². The van der Waals surface area contributed by atoms with Crippen LogP contribution in [0.15, 0.2) is 0 Å². The minimum absolute atomic E-state index is 0.260. The minimum Gasteiger partial charge on any atom is -0.391 e. The molecule has 1 saturated heterocycles. The Bertz CT molecular complexity index is 394. The fraction of sp³-hybridized carbons (Fsp3) is 0.636. The van der Waals surface area contributed by atoms with E-state index in [1.54, 1.807) is 0 Å². The Kier molecular flexibility index (Phi) is 2.96. The van der Waals surface area contributed by atoms with Crippen molar-refractivity contribution in [2.24, 2.45) is 0 Å². The Morgan fingerprint density at radius 1 is 1.38 bits per heavy atom. The molecular weight excluding hydrogens is 204 g/mol. The number of nitrogen functional groups attached to an aromatic ring is 1. The van der Waals surface area contributed by atoms with Crippen LogP contribution in [-0.4, -0.2) is 34.3 Å². The number of aryl methyl sites for hydroxylation is 1. The molecule has 1 aliphatic heterocycles. The monoisotopic (exact) mass is 222 g/mol. The van der Waals surface area contributed by atoms with Gasteiger partial charge in [0.25, 0.3) is 0 Å². The number of hydrogen-bond donors (Lipinski definition) is 2. The van der Waals surface area contributed by atoms with Crippen LogP contribution in [0.1, 0.15) is 24.2 Å². The first-order valence-corrected chi connectivity index (χ1v) is 5.61. The molecule has 5 nitrogen and oxygen atoms in total. The lowest BCUT2D eigenvalue weighted by atomic mass is 10.1. The van der Waals surface area contributed by atoms with Gasteiger partial charge >= 0.3 is 0 Å². The summed E-state index contributed by atoms with van der Waals surface area (Å²) in [6.45, 7) is 5.31. The molecule has 1 aliphatic rings. The Hall–Kier alpha value is -1.36. The predicted molar refractivity (Wildman–Crippen MR) is 63.4 cm³/mol. The molecule has 3 N–H and O–H groups in total. The average molecular weight is 222 g/mol. The predicted octanol–water partition coefficient (Wildman–Crippen LogP) is 0.637. The second kappa shape index (κ2) is 4.25. The third kappa shape index (κ3) is 2.09. The summed E-state index contributed by atoms with van der Waals surface area (Å²) < 4.78 is 0. The summed E-state index contributed by atoms with van der Waals surface area (Å²) in [6.07, 6.45) is 1.60. The highest BCUT2D eigenvalue weighted by molar-refractivity contribution is 5.56. The molecule has 0 bridgehead atoms. The molecule has 0 radical (unpaired) electrons. The van der Waals surface area contributed by atoms with Crippen molar-refractivity contribution >= 4 is 11.6 Å². The molecule has 2 rings (SSSR count). The van der Waals surface area contributed by atoms with Gasteiger partial charge in [0.15, 0.2) is 0 Å². The van der Waals surface area contributed by atoms with Crippen molar-refractivity contribution in [2.45, 2.75) is 32.8 Å². The van der Waals surface area contributed by atoms with Crippen LogP contribution < -0.4 is 10.6 Å². The van der Waals surface area contributed by atoms with Gasteiger partial charge in [0.05, 0.1) is 6.10 Å². The third-order valence-corrected chi connectivity index (χ3v) is 2.97. The zero-order valence-corrected chi connectivity index (χ0v) is 9.77. The maximum absolute atomic E-state index is 9.65. The third-order valence-electron chi connectivity index (χ3n) is 2.97. The SMILES string of the molecule is Cc1nc(N)c(C)c(N2CCCC(O)C2)n1. The summed E-state index contributed by atoms with van der Waals surface area (Å²) in [7, 11) is 0. The molecule has 1 fully saturated rings. The van der Waals surface area contributed by atoms with Gasteiger partial charge in [-0.25, -0.2) is 9.97 Å². The number of rotatable bonds is 1. The second-order valence-corrected chi connectivity index (χ2v) is 4.35. The molecule has 0 saturated carbocycles. The quantitative estimate of drug-likeness (QED) is 0.729. The fourth-order valence-corrected chi connectivity index (χ4v) is 2.09. The Labute approximate surface area is 95.3 Å². The maximum atomic E-state index is 9.65. The van der Waals surface area contributed by atoms with Crippen molar-refractivity contribution in [3.05, 3.63) is 11.4 Å². The molecule has 0 spiro atoms. The van der Waals surface area contributed by atoms with Crippen LogP contribution in [0.25, 0.3) is 0 Å². The van der Waals surface area contributed by atoms with E-state index in [1.807, 2.05) is 13.8 Å². The van der Waals surface area contributed by atoms with Crippen LogP contribution in [0.3, 0.4) is 0 Å². The van der Waals surface area contributed by atoms with Crippen LogP contribution >= 0.6 is 0 Å². The zero-order chi connectivity index (χ0) is 11.7. The van der Waals surface area contributed by atoms with Crippen LogP contribution in [0, 0.1) is 13.8 Å². The van der Waals surface area contributed by atoms with E-state index < -0.39 is 0 Å². The average Bonchev–Trinajstić information content (AvgIpc) is 2.23. The van der Waals surface area contributed by atoms with E-state index in [2.05, 4.69) is 14.9 Å². The van der Waals surface area contributed by atoms with Gasteiger partial charge in [-0.05, 0) is 26.7 Å². The van der Waals surface area contributed by atoms with Crippen LogP contribution in [0.4, 0.5) is 11.6 Å². The number of hydrogen-bond acceptors (Lipinski definition) is 5. The molecule has 16 heavy (non-hydrogen) atoms. The highest BCUT2D eigenvalue weighted by Crippen LogP contribution is 2.24. The topological polar surface area (TPSA) is 75.3 Å². The minimum atomic E-state index is -0.260. The lowest BCUT2D eigenvalue weighted by Crippen LogP contribution is -2.39. The first-order valence-electron chi connectivity index (χ1n) is 5.61. The number of aliphatic hydroxyl groups excluding tert-OH is 1. The van der Waals surface area contributed by atoms with E-state index in [9.17, 15) is 5.11 Å². The molecule has 0 amide bonds. The van der Waals surface area contributed by atoms with Gasteiger partial charge in [-0.3, -0.25) is 0 Å². The number of nitrogens with zero attached hydrogens (tertiary/aromatic N) is 3. The number of nitrogens with two attached hydrogens (primary N) is 1. The fourth-order valence-electron chi connectivity index (χ4n) is 2.09. The molecule has 5 heteroatoms. The molecular formula is C11H18N4O. The van der Waals surface area contributed by atoms with Gasteiger partial charge in [0, 0.05) is 18.7 Å². The molecule has 1 atom stereocenters. The summed E-state index contributed by atoms with van der Waals surface area (Å²) in [5.41, 5.74) is 6.73. The molecule has 0 aliphatic carbocycles. The van der Waals surface area contributed by atoms with E-state index in [0.717, 1.165) is 30.8 Å². The number of anilines is 2. The van der Waals surface area contributed by atoms with Crippen molar-refractivity contribution in [3.63, 3.8) is 0 Å². The van der Waals surface area contributed by atoms with E-state index in [0.29, 0.717) is 18.2 Å². The zero-order valence-electron chi connectivity index (χ0n) is 9.77. The molecule has 88 valence electrons. The summed E-state index contributed by atoms with van der Waals surface area (Å²) in [5.74, 6) is 2.07. The van der Waals surface area contributed by atoms with Gasteiger partial charge in [-0.2, -0.15) is 0 Å². The Balaban J connectivity index is 2.32. The highest BCUT2D eigenvalue weighted by atomic mass is 16.3. The molecule has 1 aromatic heterocycles. The number of aromatic nitrogens is 2. The van der Waals surface area contributed by atoms with Crippen LogP contribution in [-0.2, 0) is 0 Å². The highest BCUT2D eigenvalue weighted by Gasteiger charge is 2.21. The summed E-state index contributed by atoms with van der Waals surface area (Å²) in [5, 5.41) is 9.65. The Morgan fingerprint density at radius 3 is 2.81 bits per heavy atom. The Morgan fingerprint density at radius 2 is 2.12 bits per heavy atom. The second-order valence-electron chi connectivity index (χ2n) is 4.35. The van der Waals surface area contributed by atoms with Gasteiger partial charge in [0.1, 0.15) is 17.5 Å². The van der Waals surface area contributed by atoms with Crippen LogP contribution in [0.2, 0.25) is 0 Å². The molecule has 1 unspecified atom stereocenters. The van der Waals surface area contributed by atoms with E-state index >= 15 is 0 Å². The lowest BCUT2D eigenvalue weighted by Gasteiger charge is -2.32. The number of β-amino-alcohol motifs (C(OH)–C–C–N with tert-alkyl or cyclic N) is 1. The van der Waals surface area contributed by atoms with Crippen molar-refractivity contribution in [3.8, 4) is 0 Å². The molecule has 0 aromatic carbocycles. The van der Waals surface area contributed by atoms with Gasteiger partial charge in [-0.15, -0.1) is 0 Å². The van der Waals surface area contributed by atoms with Crippen LogP contribution in [0.5, 0.6) is 0 Å². The smallest absolute Gasteiger partial charge is 0.137 e. The van der Waals surface area contributed by atoms with E-state index in [-0.39, 0.29) is 6.10 Å². The van der Waals surface area contributed by atoms with Crippen molar-refractivity contribution < 1.29 is 5.11 Å². The van der Waals surface area contributed by atoms with E-state index in [1.165, 1.54) is 0 Å². The van der Waals surface area contributed by atoms with Crippen molar-refractivity contribution in [1.29, 1.82) is 0 Å².